The average molecular weight is 325 g/mol. The first kappa shape index (κ1) is 15.9. The van der Waals surface area contributed by atoms with Gasteiger partial charge in [0.15, 0.2) is 6.10 Å². The lowest BCUT2D eigenvalue weighted by Crippen LogP contribution is -2.47. The first-order valence-electron chi connectivity index (χ1n) is 7.68. The second kappa shape index (κ2) is 6.66. The Morgan fingerprint density at radius 2 is 2.12 bits per heavy atom. The summed E-state index contributed by atoms with van der Waals surface area (Å²) in [5.41, 5.74) is 1.52. The van der Waals surface area contributed by atoms with Crippen LogP contribution in [0.25, 0.3) is 0 Å². The van der Waals surface area contributed by atoms with Crippen molar-refractivity contribution in [2.24, 2.45) is 0 Å². The van der Waals surface area contributed by atoms with E-state index in [0.717, 1.165) is 5.56 Å². The molecule has 2 aromatic rings. The van der Waals surface area contributed by atoms with E-state index in [0.29, 0.717) is 30.2 Å². The maximum Gasteiger partial charge on any atom is 0.268 e. The molecule has 1 atom stereocenters. The zero-order valence-electron chi connectivity index (χ0n) is 13.4. The summed E-state index contributed by atoms with van der Waals surface area (Å²) in [7, 11) is 1.60. The number of carbonyl (C=O) groups excluding carboxylic acids is 1. The third-order valence-corrected chi connectivity index (χ3v) is 3.95. The topological polar surface area (TPSA) is 59.0 Å². The molecule has 0 saturated heterocycles. The molecule has 3 rings (SSSR count). The first-order valence-corrected chi connectivity index (χ1v) is 7.68. The Bertz CT molecular complexity index is 772. The van der Waals surface area contributed by atoms with Crippen molar-refractivity contribution in [3.8, 4) is 17.2 Å². The van der Waals surface area contributed by atoms with Gasteiger partial charge in [-0.15, -0.1) is 6.58 Å². The number of benzene rings is 2. The van der Waals surface area contributed by atoms with E-state index in [4.69, 9.17) is 9.47 Å². The van der Waals surface area contributed by atoms with E-state index in [1.807, 2.05) is 24.3 Å². The molecule has 0 bridgehead atoms. The fourth-order valence-corrected chi connectivity index (χ4v) is 2.83. The predicted octanol–water partition coefficient (Wildman–Crippen LogP) is 2.92. The van der Waals surface area contributed by atoms with Gasteiger partial charge in [-0.25, -0.2) is 0 Å². The number of rotatable bonds is 5. The van der Waals surface area contributed by atoms with Crippen molar-refractivity contribution in [3.05, 3.63) is 60.7 Å². The second-order valence-corrected chi connectivity index (χ2v) is 5.51. The van der Waals surface area contributed by atoms with Crippen molar-refractivity contribution in [2.45, 2.75) is 12.5 Å². The minimum Gasteiger partial charge on any atom is -0.508 e. The van der Waals surface area contributed by atoms with Gasteiger partial charge in [-0.2, -0.15) is 0 Å². The number of hydrogen-bond donors (Lipinski definition) is 1. The largest absolute Gasteiger partial charge is 0.508 e. The van der Waals surface area contributed by atoms with Gasteiger partial charge in [0.25, 0.3) is 5.91 Å². The van der Waals surface area contributed by atoms with E-state index in [1.54, 1.807) is 24.2 Å². The number of amides is 1. The van der Waals surface area contributed by atoms with Gasteiger partial charge in [0.1, 0.15) is 17.2 Å². The Labute approximate surface area is 140 Å². The molecule has 0 spiro atoms. The standard InChI is InChI=1S/C19H19NO4/c1-3-10-20-15-9-8-14(21)12-17(15)24-18(19(20)22)11-13-6-4-5-7-16(13)23-2/h3-9,12,18,21H,1,10-11H2,2H3. The van der Waals surface area contributed by atoms with Gasteiger partial charge in [-0.05, 0) is 23.8 Å². The lowest BCUT2D eigenvalue weighted by atomic mass is 10.0. The van der Waals surface area contributed by atoms with Crippen LogP contribution < -0.4 is 14.4 Å². The molecule has 1 aliphatic heterocycles. The first-order chi connectivity index (χ1) is 11.6. The van der Waals surface area contributed by atoms with Gasteiger partial charge >= 0.3 is 0 Å². The Hall–Kier alpha value is -2.95. The smallest absolute Gasteiger partial charge is 0.268 e. The fourth-order valence-electron chi connectivity index (χ4n) is 2.83. The lowest BCUT2D eigenvalue weighted by molar-refractivity contribution is -0.126. The molecule has 124 valence electrons. The highest BCUT2D eigenvalue weighted by Gasteiger charge is 2.34. The molecule has 0 radical (unpaired) electrons. The van der Waals surface area contributed by atoms with Crippen LogP contribution in [0, 0.1) is 0 Å². The second-order valence-electron chi connectivity index (χ2n) is 5.51. The van der Waals surface area contributed by atoms with Crippen molar-refractivity contribution in [2.75, 3.05) is 18.6 Å². The molecule has 24 heavy (non-hydrogen) atoms. The molecular formula is C19H19NO4. The van der Waals surface area contributed by atoms with Crippen LogP contribution in [0.4, 0.5) is 5.69 Å². The Kier molecular flexibility index (Phi) is 4.42. The maximum absolute atomic E-state index is 12.8. The summed E-state index contributed by atoms with van der Waals surface area (Å²) in [6.07, 6.45) is 1.36. The number of nitrogens with zero attached hydrogens (tertiary/aromatic N) is 1. The van der Waals surface area contributed by atoms with Gasteiger partial charge in [0.05, 0.1) is 12.8 Å². The summed E-state index contributed by atoms with van der Waals surface area (Å²) in [5.74, 6) is 1.15. The molecule has 1 amide bonds. The van der Waals surface area contributed by atoms with Gasteiger partial charge in [-0.3, -0.25) is 4.79 Å². The molecule has 1 N–H and O–H groups in total. The quantitative estimate of drug-likeness (QED) is 0.859. The normalized spacial score (nSPS) is 16.3. The zero-order chi connectivity index (χ0) is 17.1. The number of anilines is 1. The highest BCUT2D eigenvalue weighted by Crippen LogP contribution is 2.37. The number of phenols is 1. The number of phenolic OH excluding ortho intramolecular Hbond substituents is 1. The van der Waals surface area contributed by atoms with E-state index >= 15 is 0 Å². The summed E-state index contributed by atoms with van der Waals surface area (Å²) < 4.78 is 11.2. The highest BCUT2D eigenvalue weighted by atomic mass is 16.5. The predicted molar refractivity (Wildman–Crippen MR) is 91.8 cm³/mol. The van der Waals surface area contributed by atoms with Gasteiger partial charge < -0.3 is 19.5 Å². The van der Waals surface area contributed by atoms with Crippen molar-refractivity contribution < 1.29 is 19.4 Å². The van der Waals surface area contributed by atoms with E-state index in [1.165, 1.54) is 12.1 Å². The van der Waals surface area contributed by atoms with Crippen LogP contribution in [0.2, 0.25) is 0 Å². The van der Waals surface area contributed by atoms with Crippen LogP contribution in [-0.4, -0.2) is 30.8 Å². The van der Waals surface area contributed by atoms with Crippen LogP contribution in [0.15, 0.2) is 55.1 Å². The number of fused-ring (bicyclic) bond motifs is 1. The van der Waals surface area contributed by atoms with Crippen molar-refractivity contribution in [3.63, 3.8) is 0 Å². The number of hydrogen-bond acceptors (Lipinski definition) is 4. The summed E-state index contributed by atoms with van der Waals surface area (Å²) in [6, 6.07) is 12.3. The molecule has 0 aromatic heterocycles. The number of methoxy groups -OCH3 is 1. The van der Waals surface area contributed by atoms with Crippen molar-refractivity contribution >= 4 is 11.6 Å². The molecule has 1 aliphatic rings. The summed E-state index contributed by atoms with van der Waals surface area (Å²) in [6.45, 7) is 4.09. The Balaban J connectivity index is 1.94. The molecule has 1 heterocycles. The van der Waals surface area contributed by atoms with E-state index in [9.17, 15) is 9.90 Å². The van der Waals surface area contributed by atoms with Crippen LogP contribution in [0.1, 0.15) is 5.56 Å². The Morgan fingerprint density at radius 1 is 1.33 bits per heavy atom. The third-order valence-electron chi connectivity index (χ3n) is 3.95. The lowest BCUT2D eigenvalue weighted by Gasteiger charge is -2.34. The monoisotopic (exact) mass is 325 g/mol. The van der Waals surface area contributed by atoms with Gasteiger partial charge in [0, 0.05) is 19.0 Å². The molecule has 5 nitrogen and oxygen atoms in total. The average Bonchev–Trinajstić information content (AvgIpc) is 2.59. The molecule has 0 aliphatic carbocycles. The fraction of sp³-hybridized carbons (Fsp3) is 0.211. The molecule has 5 heteroatoms. The van der Waals surface area contributed by atoms with E-state index in [2.05, 4.69) is 6.58 Å². The van der Waals surface area contributed by atoms with E-state index in [-0.39, 0.29) is 11.7 Å². The highest BCUT2D eigenvalue weighted by molar-refractivity contribution is 6.00. The Morgan fingerprint density at radius 3 is 2.88 bits per heavy atom. The molecule has 0 saturated carbocycles. The van der Waals surface area contributed by atoms with Gasteiger partial charge in [-0.1, -0.05) is 24.3 Å². The molecule has 1 unspecified atom stereocenters. The summed E-state index contributed by atoms with van der Waals surface area (Å²) >= 11 is 0. The number of carbonyl (C=O) groups is 1. The number of aromatic hydroxyl groups is 1. The van der Waals surface area contributed by atoms with Crippen molar-refractivity contribution in [1.29, 1.82) is 0 Å². The van der Waals surface area contributed by atoms with Crippen LogP contribution in [0.5, 0.6) is 17.2 Å². The SMILES string of the molecule is C=CCN1C(=O)C(Cc2ccccc2OC)Oc2cc(O)ccc21. The summed E-state index contributed by atoms with van der Waals surface area (Å²) in [5, 5.41) is 9.70. The molecule has 2 aromatic carbocycles. The number of ether oxygens (including phenoxy) is 2. The number of para-hydroxylation sites is 1. The van der Waals surface area contributed by atoms with Crippen LogP contribution >= 0.6 is 0 Å². The molecular weight excluding hydrogens is 306 g/mol. The maximum atomic E-state index is 12.8. The van der Waals surface area contributed by atoms with E-state index < -0.39 is 6.10 Å². The molecule has 0 fully saturated rings. The zero-order valence-corrected chi connectivity index (χ0v) is 13.4. The van der Waals surface area contributed by atoms with Crippen molar-refractivity contribution in [1.82, 2.24) is 0 Å². The third kappa shape index (κ3) is 2.93. The summed E-state index contributed by atoms with van der Waals surface area (Å²) in [4.78, 5) is 14.4. The minimum atomic E-state index is -0.685. The van der Waals surface area contributed by atoms with Crippen LogP contribution in [-0.2, 0) is 11.2 Å². The van der Waals surface area contributed by atoms with Crippen LogP contribution in [0.3, 0.4) is 0 Å². The van der Waals surface area contributed by atoms with Gasteiger partial charge in [0.2, 0.25) is 0 Å². The minimum absolute atomic E-state index is 0.0951.